The summed E-state index contributed by atoms with van der Waals surface area (Å²) in [5.74, 6) is 0.108. The minimum Gasteiger partial charge on any atom is -0.338 e. The van der Waals surface area contributed by atoms with Crippen LogP contribution in [-0.2, 0) is 17.9 Å². The van der Waals surface area contributed by atoms with E-state index in [1.807, 2.05) is 0 Å². The highest BCUT2D eigenvalue weighted by molar-refractivity contribution is 6.30. The summed E-state index contributed by atoms with van der Waals surface area (Å²) < 4.78 is 18.3. The van der Waals surface area contributed by atoms with Crippen molar-refractivity contribution in [1.29, 1.82) is 0 Å². The number of aromatic nitrogens is 2. The third kappa shape index (κ3) is 5.37. The Bertz CT molecular complexity index is 1090. The first-order chi connectivity index (χ1) is 15.0. The number of urea groups is 1. The summed E-state index contributed by atoms with van der Waals surface area (Å²) in [5, 5.41) is 9.75. The Labute approximate surface area is 182 Å². The molecule has 10 heteroatoms. The van der Waals surface area contributed by atoms with E-state index >= 15 is 0 Å². The second-order valence-corrected chi connectivity index (χ2v) is 7.60. The average molecular weight is 444 g/mol. The van der Waals surface area contributed by atoms with E-state index in [1.165, 1.54) is 12.1 Å². The second kappa shape index (κ2) is 9.13. The van der Waals surface area contributed by atoms with Gasteiger partial charge < -0.3 is 20.1 Å². The van der Waals surface area contributed by atoms with Gasteiger partial charge in [-0.3, -0.25) is 4.79 Å². The average Bonchev–Trinajstić information content (AvgIpc) is 3.35. The van der Waals surface area contributed by atoms with Crippen molar-refractivity contribution in [2.45, 2.75) is 25.4 Å². The Morgan fingerprint density at radius 2 is 2.06 bits per heavy atom. The van der Waals surface area contributed by atoms with Gasteiger partial charge in [-0.15, -0.1) is 0 Å². The molecule has 1 aromatic heterocycles. The molecule has 1 fully saturated rings. The van der Waals surface area contributed by atoms with Gasteiger partial charge in [-0.25, -0.2) is 9.18 Å². The molecule has 1 aliphatic rings. The Hall–Kier alpha value is -3.46. The van der Waals surface area contributed by atoms with Crippen LogP contribution in [0.25, 0.3) is 0 Å². The molecule has 4 rings (SSSR count). The normalized spacial score (nSPS) is 15.9. The van der Waals surface area contributed by atoms with Gasteiger partial charge in [0.2, 0.25) is 11.8 Å². The number of hydrogen-bond donors (Lipinski definition) is 2. The standard InChI is InChI=1S/C21H19ClFN5O3/c22-15-2-1-3-17(9-15)25-21(30)24-10-18-26-20(27-31-18)14-8-19(29)28(12-14)11-13-4-6-16(23)7-5-13/h1-7,9,14H,8,10-12H2,(H2,24,25,30)/t14-/m1/s1. The number of hydrogen-bond acceptors (Lipinski definition) is 5. The van der Waals surface area contributed by atoms with E-state index in [0.29, 0.717) is 29.6 Å². The molecule has 31 heavy (non-hydrogen) atoms. The first kappa shape index (κ1) is 20.8. The number of benzene rings is 2. The zero-order valence-electron chi connectivity index (χ0n) is 16.3. The zero-order valence-corrected chi connectivity index (χ0v) is 17.1. The van der Waals surface area contributed by atoms with Crippen molar-refractivity contribution in [3.8, 4) is 0 Å². The monoisotopic (exact) mass is 443 g/mol. The summed E-state index contributed by atoms with van der Waals surface area (Å²) in [7, 11) is 0. The second-order valence-electron chi connectivity index (χ2n) is 7.17. The van der Waals surface area contributed by atoms with Crippen LogP contribution in [0.5, 0.6) is 0 Å². The summed E-state index contributed by atoms with van der Waals surface area (Å²) in [4.78, 5) is 30.3. The smallest absolute Gasteiger partial charge is 0.319 e. The van der Waals surface area contributed by atoms with Gasteiger partial charge in [0.15, 0.2) is 5.82 Å². The van der Waals surface area contributed by atoms with Gasteiger partial charge in [-0.05, 0) is 35.9 Å². The Kier molecular flexibility index (Phi) is 6.13. The van der Waals surface area contributed by atoms with Crippen LogP contribution in [0.1, 0.15) is 29.6 Å². The fourth-order valence-electron chi connectivity index (χ4n) is 3.31. The van der Waals surface area contributed by atoms with Crippen LogP contribution in [0.4, 0.5) is 14.9 Å². The molecule has 1 atom stereocenters. The molecule has 3 aromatic rings. The summed E-state index contributed by atoms with van der Waals surface area (Å²) in [6, 6.07) is 12.4. The van der Waals surface area contributed by atoms with E-state index in [0.717, 1.165) is 5.56 Å². The molecule has 0 radical (unpaired) electrons. The van der Waals surface area contributed by atoms with Crippen LogP contribution >= 0.6 is 11.6 Å². The third-order valence-corrected chi connectivity index (χ3v) is 5.07. The molecule has 0 unspecified atom stereocenters. The molecule has 160 valence electrons. The van der Waals surface area contributed by atoms with E-state index in [2.05, 4.69) is 20.8 Å². The summed E-state index contributed by atoms with van der Waals surface area (Å²) in [5.41, 5.74) is 1.40. The molecule has 2 aromatic carbocycles. The van der Waals surface area contributed by atoms with Crippen molar-refractivity contribution in [2.75, 3.05) is 11.9 Å². The maximum Gasteiger partial charge on any atom is 0.319 e. The number of rotatable bonds is 6. The van der Waals surface area contributed by atoms with E-state index in [-0.39, 0.29) is 36.5 Å². The van der Waals surface area contributed by atoms with Crippen molar-refractivity contribution in [2.24, 2.45) is 0 Å². The zero-order chi connectivity index (χ0) is 21.8. The molecule has 0 bridgehead atoms. The van der Waals surface area contributed by atoms with E-state index in [4.69, 9.17) is 16.1 Å². The fraction of sp³-hybridized carbons (Fsp3) is 0.238. The van der Waals surface area contributed by atoms with Crippen molar-refractivity contribution < 1.29 is 18.5 Å². The van der Waals surface area contributed by atoms with Crippen LogP contribution in [0, 0.1) is 5.82 Å². The Morgan fingerprint density at radius 1 is 1.26 bits per heavy atom. The van der Waals surface area contributed by atoms with Crippen LogP contribution in [0.3, 0.4) is 0 Å². The van der Waals surface area contributed by atoms with Crippen LogP contribution in [0.2, 0.25) is 5.02 Å². The predicted octanol–water partition coefficient (Wildman–Crippen LogP) is 3.70. The van der Waals surface area contributed by atoms with Crippen LogP contribution in [-0.4, -0.2) is 33.5 Å². The number of anilines is 1. The quantitative estimate of drug-likeness (QED) is 0.605. The lowest BCUT2D eigenvalue weighted by Gasteiger charge is -2.16. The SMILES string of the molecule is O=C(NCc1nc([C@@H]2CC(=O)N(Cc3ccc(F)cc3)C2)no1)Nc1cccc(Cl)c1. The molecule has 8 nitrogen and oxygen atoms in total. The highest BCUT2D eigenvalue weighted by Crippen LogP contribution is 2.27. The Balaban J connectivity index is 1.29. The number of nitrogens with zero attached hydrogens (tertiary/aromatic N) is 3. The Morgan fingerprint density at radius 3 is 2.84 bits per heavy atom. The van der Waals surface area contributed by atoms with E-state index in [9.17, 15) is 14.0 Å². The molecule has 2 heterocycles. The third-order valence-electron chi connectivity index (χ3n) is 4.83. The molecule has 3 amide bonds. The maximum atomic E-state index is 13.1. The molecule has 2 N–H and O–H groups in total. The van der Waals surface area contributed by atoms with Gasteiger partial charge in [0.05, 0.1) is 6.54 Å². The number of amides is 3. The molecular weight excluding hydrogens is 425 g/mol. The first-order valence-corrected chi connectivity index (χ1v) is 9.99. The lowest BCUT2D eigenvalue weighted by atomic mass is 10.1. The summed E-state index contributed by atoms with van der Waals surface area (Å²) in [6.45, 7) is 0.878. The van der Waals surface area contributed by atoms with E-state index in [1.54, 1.807) is 41.3 Å². The number of carbonyl (C=O) groups is 2. The number of nitrogens with one attached hydrogen (secondary N) is 2. The highest BCUT2D eigenvalue weighted by atomic mass is 35.5. The fourth-order valence-corrected chi connectivity index (χ4v) is 3.50. The summed E-state index contributed by atoms with van der Waals surface area (Å²) in [6.07, 6.45) is 0.267. The molecule has 1 saturated heterocycles. The first-order valence-electron chi connectivity index (χ1n) is 9.61. The summed E-state index contributed by atoms with van der Waals surface area (Å²) >= 11 is 5.89. The maximum absolute atomic E-state index is 13.1. The van der Waals surface area contributed by atoms with Crippen LogP contribution in [0.15, 0.2) is 53.1 Å². The predicted molar refractivity (Wildman–Crippen MR) is 111 cm³/mol. The van der Waals surface area contributed by atoms with Gasteiger partial charge in [-0.1, -0.05) is 35.0 Å². The highest BCUT2D eigenvalue weighted by Gasteiger charge is 2.33. The lowest BCUT2D eigenvalue weighted by Crippen LogP contribution is -2.28. The molecule has 0 saturated carbocycles. The minimum absolute atomic E-state index is 0.0281. The van der Waals surface area contributed by atoms with Crippen molar-refractivity contribution in [3.63, 3.8) is 0 Å². The van der Waals surface area contributed by atoms with Crippen molar-refractivity contribution in [1.82, 2.24) is 20.4 Å². The lowest BCUT2D eigenvalue weighted by molar-refractivity contribution is -0.128. The number of likely N-dealkylation sites (tertiary alicyclic amines) is 1. The van der Waals surface area contributed by atoms with Gasteiger partial charge in [-0.2, -0.15) is 4.98 Å². The van der Waals surface area contributed by atoms with Gasteiger partial charge >= 0.3 is 6.03 Å². The minimum atomic E-state index is -0.441. The largest absolute Gasteiger partial charge is 0.338 e. The van der Waals surface area contributed by atoms with Gasteiger partial charge in [0, 0.05) is 36.1 Å². The van der Waals surface area contributed by atoms with Gasteiger partial charge in [0.1, 0.15) is 5.82 Å². The molecular formula is C21H19ClFN5O3. The molecule has 0 spiro atoms. The van der Waals surface area contributed by atoms with Crippen LogP contribution < -0.4 is 10.6 Å². The topological polar surface area (TPSA) is 100 Å². The van der Waals surface area contributed by atoms with E-state index < -0.39 is 6.03 Å². The van der Waals surface area contributed by atoms with Crippen molar-refractivity contribution >= 4 is 29.2 Å². The van der Waals surface area contributed by atoms with Crippen molar-refractivity contribution in [3.05, 3.63) is 76.6 Å². The number of carbonyl (C=O) groups excluding carboxylic acids is 2. The molecule has 1 aliphatic heterocycles. The van der Waals surface area contributed by atoms with Gasteiger partial charge in [0.25, 0.3) is 0 Å². The molecule has 0 aliphatic carbocycles. The number of halogens is 2.